The largest absolute Gasteiger partial charge is 0.491 e. The molecule has 4 nitrogen and oxygen atoms in total. The first-order valence-electron chi connectivity index (χ1n) is 24.1. The molecular formula is C59H90N2O2S. The van der Waals surface area contributed by atoms with Crippen LogP contribution in [0, 0.1) is 23.7 Å². The van der Waals surface area contributed by atoms with Gasteiger partial charge < -0.3 is 14.4 Å². The lowest BCUT2D eigenvalue weighted by Gasteiger charge is -2.28. The molecule has 0 saturated carbocycles. The highest BCUT2D eigenvalue weighted by Gasteiger charge is 2.17. The highest BCUT2D eigenvalue weighted by atomic mass is 32.2. The molecule has 1 aliphatic heterocycles. The number of aryl methyl sites for hydroxylation is 1. The van der Waals surface area contributed by atoms with Crippen molar-refractivity contribution in [3.05, 3.63) is 168 Å². The predicted molar refractivity (Wildman–Crippen MR) is 284 cm³/mol. The minimum absolute atomic E-state index is 0.266. The molecule has 0 aromatic heterocycles. The second kappa shape index (κ2) is 36.4. The van der Waals surface area contributed by atoms with Crippen molar-refractivity contribution in [2.75, 3.05) is 46.9 Å². The van der Waals surface area contributed by atoms with E-state index in [0.717, 1.165) is 49.8 Å². The Bertz CT molecular complexity index is 1610. The summed E-state index contributed by atoms with van der Waals surface area (Å²) in [6.45, 7) is 31.8. The lowest BCUT2D eigenvalue weighted by molar-refractivity contribution is 0.0329. The van der Waals surface area contributed by atoms with Crippen LogP contribution in [-0.2, 0) is 17.6 Å². The Morgan fingerprint density at radius 1 is 0.547 bits per heavy atom. The summed E-state index contributed by atoms with van der Waals surface area (Å²) in [5.41, 5.74) is 4.31. The molecule has 0 spiro atoms. The number of hydrogen-bond acceptors (Lipinski definition) is 5. The van der Waals surface area contributed by atoms with Crippen molar-refractivity contribution in [1.82, 2.24) is 9.80 Å². The molecule has 64 heavy (non-hydrogen) atoms. The Balaban J connectivity index is 0.000000385. The van der Waals surface area contributed by atoms with E-state index >= 15 is 0 Å². The summed E-state index contributed by atoms with van der Waals surface area (Å²) in [6, 6.07) is 52.8. The number of morpholine rings is 1. The minimum atomic E-state index is 0.266. The van der Waals surface area contributed by atoms with E-state index in [1.54, 1.807) is 0 Å². The van der Waals surface area contributed by atoms with E-state index in [9.17, 15) is 0 Å². The van der Waals surface area contributed by atoms with Crippen molar-refractivity contribution in [3.63, 3.8) is 0 Å². The molecule has 1 atom stereocenters. The van der Waals surface area contributed by atoms with Crippen molar-refractivity contribution in [1.29, 1.82) is 0 Å². The molecule has 6 rings (SSSR count). The second-order valence-corrected chi connectivity index (χ2v) is 20.5. The van der Waals surface area contributed by atoms with E-state index in [0.29, 0.717) is 17.2 Å². The number of rotatable bonds is 14. The van der Waals surface area contributed by atoms with Gasteiger partial charge in [0.15, 0.2) is 0 Å². The third-order valence-electron chi connectivity index (χ3n) is 9.63. The van der Waals surface area contributed by atoms with Crippen LogP contribution in [0.15, 0.2) is 157 Å². The first-order valence-corrected chi connectivity index (χ1v) is 25.0. The zero-order valence-corrected chi connectivity index (χ0v) is 43.6. The summed E-state index contributed by atoms with van der Waals surface area (Å²) >= 11 is 1.90. The van der Waals surface area contributed by atoms with Crippen LogP contribution in [0.1, 0.15) is 112 Å². The Labute approximate surface area is 398 Å². The van der Waals surface area contributed by atoms with Crippen LogP contribution >= 0.6 is 11.8 Å². The number of hydrogen-bond donors (Lipinski definition) is 0. The lowest BCUT2D eigenvalue weighted by Crippen LogP contribution is -2.38. The van der Waals surface area contributed by atoms with Crippen LogP contribution in [0.4, 0.5) is 0 Å². The average Bonchev–Trinajstić information content (AvgIpc) is 3.25. The van der Waals surface area contributed by atoms with Gasteiger partial charge in [-0.3, -0.25) is 4.90 Å². The first-order chi connectivity index (χ1) is 30.6. The van der Waals surface area contributed by atoms with Crippen molar-refractivity contribution in [2.24, 2.45) is 23.7 Å². The number of thioether (sulfide) groups is 1. The van der Waals surface area contributed by atoms with Gasteiger partial charge >= 0.3 is 0 Å². The van der Waals surface area contributed by atoms with Gasteiger partial charge in [0.1, 0.15) is 5.75 Å². The van der Waals surface area contributed by atoms with Gasteiger partial charge in [-0.1, -0.05) is 197 Å². The number of benzene rings is 5. The van der Waals surface area contributed by atoms with Gasteiger partial charge in [0.2, 0.25) is 0 Å². The van der Waals surface area contributed by atoms with E-state index in [1.165, 1.54) is 47.4 Å². The maximum atomic E-state index is 5.41. The monoisotopic (exact) mass is 891 g/mol. The maximum Gasteiger partial charge on any atom is 0.119 e. The maximum absolute atomic E-state index is 5.41. The van der Waals surface area contributed by atoms with Gasteiger partial charge in [0, 0.05) is 35.8 Å². The molecule has 5 aromatic carbocycles. The van der Waals surface area contributed by atoms with Gasteiger partial charge in [-0.15, -0.1) is 11.8 Å². The molecule has 354 valence electrons. The van der Waals surface area contributed by atoms with Crippen molar-refractivity contribution >= 4 is 11.8 Å². The van der Waals surface area contributed by atoms with Gasteiger partial charge in [0.25, 0.3) is 0 Å². The van der Waals surface area contributed by atoms with Crippen molar-refractivity contribution in [2.45, 2.75) is 125 Å². The topological polar surface area (TPSA) is 24.9 Å². The fraction of sp³-hybridized carbons (Fsp3) is 0.492. The van der Waals surface area contributed by atoms with Gasteiger partial charge in [0.05, 0.1) is 19.3 Å². The second-order valence-electron chi connectivity index (χ2n) is 18.8. The molecule has 1 aliphatic rings. The fourth-order valence-electron chi connectivity index (χ4n) is 6.96. The molecule has 5 heteroatoms. The zero-order valence-electron chi connectivity index (χ0n) is 42.8. The van der Waals surface area contributed by atoms with Gasteiger partial charge in [-0.05, 0) is 112 Å². The van der Waals surface area contributed by atoms with Crippen LogP contribution < -0.4 is 4.74 Å². The summed E-state index contributed by atoms with van der Waals surface area (Å²) in [6.07, 6.45) is 3.98. The number of para-hydroxylation sites is 1. The third kappa shape index (κ3) is 31.9. The van der Waals surface area contributed by atoms with Gasteiger partial charge in [-0.25, -0.2) is 0 Å². The Morgan fingerprint density at radius 3 is 1.41 bits per heavy atom. The summed E-state index contributed by atoms with van der Waals surface area (Å²) in [5, 5.41) is 0.683. The van der Waals surface area contributed by atoms with E-state index in [1.807, 2.05) is 62.0 Å². The molecule has 0 radical (unpaired) electrons. The highest BCUT2D eigenvalue weighted by Crippen LogP contribution is 2.26. The normalized spacial score (nSPS) is 12.8. The molecule has 1 saturated heterocycles. The standard InChI is InChI=1S/C12H19N.C11H16.C10H14.C9H12O.C9H12S.C8H17NO/c1-10(2)12(13(3)4)11-8-6-5-7-9-11;1-10(2)8-9-11-6-4-3-5-7-11;1-9(2)8-10-6-4-3-5-7-10;2*1-8(2)10-9-6-4-3-5-7-9;1-8(2)7-9-3-5-10-6-4-9/h5-10,12H,1-4H3;3-7,10H,8-9H2,1-2H3;3-7,9H,8H2,1-2H3;2*3-8H,1-2H3;8H,3-7H2,1-2H3. The quantitative estimate of drug-likeness (QED) is 0.103. The molecule has 0 aliphatic carbocycles. The molecule has 1 heterocycles. The van der Waals surface area contributed by atoms with Crippen molar-refractivity contribution in [3.8, 4) is 5.75 Å². The van der Waals surface area contributed by atoms with E-state index in [2.05, 4.69) is 208 Å². The molecule has 0 amide bonds. The zero-order chi connectivity index (χ0) is 47.5. The van der Waals surface area contributed by atoms with Gasteiger partial charge in [-0.2, -0.15) is 0 Å². The molecule has 1 unspecified atom stereocenters. The molecule has 0 N–H and O–H groups in total. The predicted octanol–water partition coefficient (Wildman–Crippen LogP) is 15.7. The Kier molecular flexibility index (Phi) is 33.0. The van der Waals surface area contributed by atoms with Crippen LogP contribution in [0.3, 0.4) is 0 Å². The summed E-state index contributed by atoms with van der Waals surface area (Å²) in [7, 11) is 4.27. The summed E-state index contributed by atoms with van der Waals surface area (Å²) in [5.74, 6) is 3.96. The van der Waals surface area contributed by atoms with Crippen LogP contribution in [0.25, 0.3) is 0 Å². The molecule has 0 bridgehead atoms. The average molecular weight is 891 g/mol. The molecule has 5 aromatic rings. The third-order valence-corrected chi connectivity index (χ3v) is 10.6. The smallest absolute Gasteiger partial charge is 0.119 e. The lowest BCUT2D eigenvalue weighted by atomic mass is 9.95. The SMILES string of the molecule is CC(C)C(c1ccccc1)N(C)C.CC(C)CCc1ccccc1.CC(C)CN1CCOCC1.CC(C)Cc1ccccc1.CC(C)Oc1ccccc1.CC(C)Sc1ccccc1. The number of ether oxygens (including phenoxy) is 2. The van der Waals surface area contributed by atoms with E-state index in [4.69, 9.17) is 9.47 Å². The Morgan fingerprint density at radius 2 is 1.00 bits per heavy atom. The minimum Gasteiger partial charge on any atom is -0.491 e. The van der Waals surface area contributed by atoms with Crippen LogP contribution in [-0.4, -0.2) is 68.1 Å². The van der Waals surface area contributed by atoms with E-state index < -0.39 is 0 Å². The number of nitrogens with zero attached hydrogens (tertiary/aromatic N) is 2. The summed E-state index contributed by atoms with van der Waals surface area (Å²) < 4.78 is 10.7. The fourth-order valence-corrected chi connectivity index (χ4v) is 7.82. The molecule has 1 fully saturated rings. The summed E-state index contributed by atoms with van der Waals surface area (Å²) in [4.78, 5) is 6.10. The first kappa shape index (κ1) is 58.1. The highest BCUT2D eigenvalue weighted by molar-refractivity contribution is 7.99. The molecular weight excluding hydrogens is 801 g/mol. The van der Waals surface area contributed by atoms with Crippen LogP contribution in [0.5, 0.6) is 5.75 Å². The van der Waals surface area contributed by atoms with Crippen LogP contribution in [0.2, 0.25) is 0 Å². The van der Waals surface area contributed by atoms with E-state index in [-0.39, 0.29) is 6.10 Å². The van der Waals surface area contributed by atoms with Crippen molar-refractivity contribution < 1.29 is 9.47 Å². The Hall–Kier alpha value is -3.87.